The molecule has 0 radical (unpaired) electrons. The number of nitrogens with one attached hydrogen (secondary N) is 1. The highest BCUT2D eigenvalue weighted by molar-refractivity contribution is 5.74. The summed E-state index contributed by atoms with van der Waals surface area (Å²) in [6, 6.07) is 0.323. The van der Waals surface area contributed by atoms with Crippen LogP contribution in [0.5, 0.6) is 0 Å². The number of nitrogens with two attached hydrogens (primary N) is 1. The predicted octanol–water partition coefficient (Wildman–Crippen LogP) is 0.655. The Hall–Kier alpha value is -0.610. The van der Waals surface area contributed by atoms with Gasteiger partial charge in [-0.1, -0.05) is 0 Å². The fraction of sp³-hybridized carbons (Fsp3) is 0.900. The summed E-state index contributed by atoms with van der Waals surface area (Å²) in [5.74, 6) is -0.276. The molecule has 0 saturated carbocycles. The van der Waals surface area contributed by atoms with Crippen LogP contribution in [-0.4, -0.2) is 31.2 Å². The van der Waals surface area contributed by atoms with Gasteiger partial charge in [-0.05, 0) is 27.2 Å². The molecule has 3 N–H and O–H groups in total. The maximum Gasteiger partial charge on any atom is 0.219 e. The van der Waals surface area contributed by atoms with Gasteiger partial charge in [0.25, 0.3) is 0 Å². The number of carbonyl (C=O) groups is 1. The molecule has 0 aliphatic rings. The smallest absolute Gasteiger partial charge is 0.219 e. The fourth-order valence-corrected chi connectivity index (χ4v) is 1.52. The van der Waals surface area contributed by atoms with E-state index in [1.165, 1.54) is 0 Å². The van der Waals surface area contributed by atoms with E-state index in [1.807, 2.05) is 13.8 Å². The van der Waals surface area contributed by atoms with Crippen molar-refractivity contribution in [2.24, 2.45) is 5.73 Å². The Labute approximate surface area is 86.2 Å². The first-order valence-electron chi connectivity index (χ1n) is 4.92. The van der Waals surface area contributed by atoms with Crippen molar-refractivity contribution in [2.75, 3.05) is 13.7 Å². The number of methoxy groups -OCH3 is 1. The molecule has 14 heavy (non-hydrogen) atoms. The zero-order chi connectivity index (χ0) is 11.2. The molecule has 84 valence electrons. The van der Waals surface area contributed by atoms with Gasteiger partial charge in [-0.2, -0.15) is 0 Å². The molecule has 0 aromatic heterocycles. The second-order valence-electron chi connectivity index (χ2n) is 4.35. The van der Waals surface area contributed by atoms with Crippen LogP contribution in [0.25, 0.3) is 0 Å². The lowest BCUT2D eigenvalue weighted by atomic mass is 9.98. The molecule has 0 rings (SSSR count). The molecule has 1 atom stereocenters. The molecule has 0 aromatic rings. The summed E-state index contributed by atoms with van der Waals surface area (Å²) in [6.45, 7) is 6.74. The minimum atomic E-state index is -0.276. The van der Waals surface area contributed by atoms with Crippen LogP contribution < -0.4 is 11.1 Å². The number of primary amides is 1. The Morgan fingerprint density at radius 2 is 2.14 bits per heavy atom. The first-order valence-corrected chi connectivity index (χ1v) is 4.92. The lowest BCUT2D eigenvalue weighted by Gasteiger charge is -2.29. The molecule has 0 saturated heterocycles. The number of carbonyl (C=O) groups excluding carboxylic acids is 1. The molecule has 1 amide bonds. The molecule has 0 aliphatic carbocycles. The Morgan fingerprint density at radius 1 is 1.57 bits per heavy atom. The van der Waals surface area contributed by atoms with Gasteiger partial charge in [-0.15, -0.1) is 0 Å². The Kier molecular flexibility index (Phi) is 5.72. The van der Waals surface area contributed by atoms with Crippen molar-refractivity contribution in [1.82, 2.24) is 5.32 Å². The highest BCUT2D eigenvalue weighted by Gasteiger charge is 2.21. The summed E-state index contributed by atoms with van der Waals surface area (Å²) in [6.07, 6.45) is 1.28. The van der Waals surface area contributed by atoms with Crippen LogP contribution in [0.15, 0.2) is 0 Å². The van der Waals surface area contributed by atoms with Gasteiger partial charge >= 0.3 is 0 Å². The summed E-state index contributed by atoms with van der Waals surface area (Å²) in [5.41, 5.74) is 4.91. The van der Waals surface area contributed by atoms with Gasteiger partial charge in [-0.3, -0.25) is 4.79 Å². The molecule has 4 heteroatoms. The van der Waals surface area contributed by atoms with E-state index in [2.05, 4.69) is 12.2 Å². The van der Waals surface area contributed by atoms with Crippen LogP contribution in [0.3, 0.4) is 0 Å². The van der Waals surface area contributed by atoms with Crippen molar-refractivity contribution in [3.8, 4) is 0 Å². The maximum atomic E-state index is 10.8. The van der Waals surface area contributed by atoms with E-state index in [4.69, 9.17) is 10.5 Å². The second kappa shape index (κ2) is 5.98. The van der Waals surface area contributed by atoms with E-state index in [-0.39, 0.29) is 11.4 Å². The minimum absolute atomic E-state index is 0.237. The van der Waals surface area contributed by atoms with Gasteiger partial charge in [-0.25, -0.2) is 0 Å². The van der Waals surface area contributed by atoms with Gasteiger partial charge in [0.2, 0.25) is 5.91 Å². The van der Waals surface area contributed by atoms with E-state index < -0.39 is 0 Å². The predicted molar refractivity (Wildman–Crippen MR) is 57.0 cm³/mol. The van der Waals surface area contributed by atoms with Crippen LogP contribution >= 0.6 is 0 Å². The monoisotopic (exact) mass is 202 g/mol. The van der Waals surface area contributed by atoms with E-state index in [0.717, 1.165) is 13.0 Å². The van der Waals surface area contributed by atoms with Crippen molar-refractivity contribution in [3.63, 3.8) is 0 Å². The SMILES string of the molecule is COCCC(C)NC(C)(C)CC(N)=O. The first kappa shape index (κ1) is 13.4. The number of rotatable bonds is 7. The van der Waals surface area contributed by atoms with Crippen LogP contribution in [0, 0.1) is 0 Å². The Bertz CT molecular complexity index is 181. The molecule has 0 bridgehead atoms. The molecule has 0 heterocycles. The Morgan fingerprint density at radius 3 is 2.57 bits per heavy atom. The third kappa shape index (κ3) is 6.86. The zero-order valence-electron chi connectivity index (χ0n) is 9.59. The third-order valence-corrected chi connectivity index (χ3v) is 2.01. The first-order chi connectivity index (χ1) is 6.37. The van der Waals surface area contributed by atoms with Crippen LogP contribution in [0.1, 0.15) is 33.6 Å². The number of ether oxygens (including phenoxy) is 1. The maximum absolute atomic E-state index is 10.8. The topological polar surface area (TPSA) is 64.3 Å². The average molecular weight is 202 g/mol. The molecule has 0 aromatic carbocycles. The van der Waals surface area contributed by atoms with Gasteiger partial charge in [0.05, 0.1) is 0 Å². The van der Waals surface area contributed by atoms with Crippen molar-refractivity contribution >= 4 is 5.91 Å². The van der Waals surface area contributed by atoms with Gasteiger partial charge in [0.15, 0.2) is 0 Å². The highest BCUT2D eigenvalue weighted by atomic mass is 16.5. The molecule has 4 nitrogen and oxygen atoms in total. The summed E-state index contributed by atoms with van der Waals surface area (Å²) in [5, 5.41) is 3.34. The van der Waals surface area contributed by atoms with E-state index in [9.17, 15) is 4.79 Å². The van der Waals surface area contributed by atoms with E-state index >= 15 is 0 Å². The molecule has 0 aliphatic heterocycles. The fourth-order valence-electron chi connectivity index (χ4n) is 1.52. The van der Waals surface area contributed by atoms with Crippen molar-refractivity contribution in [3.05, 3.63) is 0 Å². The van der Waals surface area contributed by atoms with Gasteiger partial charge < -0.3 is 15.8 Å². The zero-order valence-corrected chi connectivity index (χ0v) is 9.59. The summed E-state index contributed by atoms with van der Waals surface area (Å²) >= 11 is 0. The average Bonchev–Trinajstić information content (AvgIpc) is 1.96. The molecule has 1 unspecified atom stereocenters. The van der Waals surface area contributed by atoms with Crippen molar-refractivity contribution < 1.29 is 9.53 Å². The van der Waals surface area contributed by atoms with Crippen LogP contribution in [0.4, 0.5) is 0 Å². The van der Waals surface area contributed by atoms with E-state index in [1.54, 1.807) is 7.11 Å². The number of hydrogen-bond acceptors (Lipinski definition) is 3. The normalized spacial score (nSPS) is 14.0. The van der Waals surface area contributed by atoms with Crippen LogP contribution in [-0.2, 0) is 9.53 Å². The minimum Gasteiger partial charge on any atom is -0.385 e. The van der Waals surface area contributed by atoms with E-state index in [0.29, 0.717) is 12.5 Å². The Balaban J connectivity index is 3.88. The number of hydrogen-bond donors (Lipinski definition) is 2. The van der Waals surface area contributed by atoms with Crippen LogP contribution in [0.2, 0.25) is 0 Å². The standard InChI is InChI=1S/C10H22N2O2/c1-8(5-6-14-4)12-10(2,3)7-9(11)13/h8,12H,5-7H2,1-4H3,(H2,11,13). The largest absolute Gasteiger partial charge is 0.385 e. The summed E-state index contributed by atoms with van der Waals surface area (Å²) in [4.78, 5) is 10.8. The molecular formula is C10H22N2O2. The molecular weight excluding hydrogens is 180 g/mol. The third-order valence-electron chi connectivity index (χ3n) is 2.01. The molecule has 0 spiro atoms. The van der Waals surface area contributed by atoms with Crippen molar-refractivity contribution in [2.45, 2.75) is 45.2 Å². The lowest BCUT2D eigenvalue weighted by molar-refractivity contribution is -0.119. The highest BCUT2D eigenvalue weighted by Crippen LogP contribution is 2.09. The van der Waals surface area contributed by atoms with Gasteiger partial charge in [0.1, 0.15) is 0 Å². The summed E-state index contributed by atoms with van der Waals surface area (Å²) in [7, 11) is 1.68. The van der Waals surface area contributed by atoms with Crippen molar-refractivity contribution in [1.29, 1.82) is 0 Å². The molecule has 0 fully saturated rings. The summed E-state index contributed by atoms with van der Waals surface area (Å²) < 4.78 is 4.98. The lowest BCUT2D eigenvalue weighted by Crippen LogP contribution is -2.47. The number of amides is 1. The second-order valence-corrected chi connectivity index (χ2v) is 4.35. The quantitative estimate of drug-likeness (QED) is 0.637. The van der Waals surface area contributed by atoms with Gasteiger partial charge in [0, 0.05) is 31.7 Å².